The van der Waals surface area contributed by atoms with Crippen molar-refractivity contribution in [3.05, 3.63) is 0 Å². The molecule has 12 N–H and O–H groups in total. The van der Waals surface area contributed by atoms with Gasteiger partial charge >= 0.3 is 0 Å². The van der Waals surface area contributed by atoms with E-state index in [0.29, 0.717) is 24.9 Å². The van der Waals surface area contributed by atoms with Crippen LogP contribution in [0.4, 0.5) is 0 Å². The first-order valence-electron chi connectivity index (χ1n) is 27.1. The number of aliphatic hydroxyl groups is 12. The van der Waals surface area contributed by atoms with Crippen molar-refractivity contribution in [3.63, 3.8) is 0 Å². The minimum absolute atomic E-state index is 0.103. The lowest BCUT2D eigenvalue weighted by Crippen LogP contribution is -2.74. The molecule has 73 heavy (non-hydrogen) atoms. The monoisotopic (exact) mass is 1050 g/mol. The summed E-state index contributed by atoms with van der Waals surface area (Å²) in [6.07, 6.45) is -22.0. The third-order valence-electron chi connectivity index (χ3n) is 21.8. The minimum atomic E-state index is -1.98. The van der Waals surface area contributed by atoms with E-state index in [1.54, 1.807) is 0 Å². The highest BCUT2D eigenvalue weighted by atomic mass is 16.8. The molecule has 10 rings (SSSR count). The number of hydrogen-bond acceptors (Lipinski definition) is 21. The van der Waals surface area contributed by atoms with Crippen LogP contribution in [0, 0.1) is 50.2 Å². The number of aliphatic hydroxyl groups excluding tert-OH is 12. The first kappa shape index (κ1) is 55.5. The molecule has 10 aliphatic rings. The fourth-order valence-corrected chi connectivity index (χ4v) is 17.4. The quantitative estimate of drug-likeness (QED) is 0.116. The molecule has 21 heteroatoms. The van der Waals surface area contributed by atoms with E-state index in [9.17, 15) is 61.3 Å². The zero-order valence-corrected chi connectivity index (χ0v) is 43.4. The maximum atomic E-state index is 12.3. The summed E-state index contributed by atoms with van der Waals surface area (Å²) in [4.78, 5) is 0. The molecule has 5 aliphatic heterocycles. The van der Waals surface area contributed by atoms with Crippen molar-refractivity contribution in [1.82, 2.24) is 0 Å². The molecule has 10 fully saturated rings. The first-order valence-corrected chi connectivity index (χ1v) is 27.1. The Morgan fingerprint density at radius 2 is 1.10 bits per heavy atom. The van der Waals surface area contributed by atoms with Crippen molar-refractivity contribution in [1.29, 1.82) is 0 Å². The molecular formula is C52H86O21. The summed E-state index contributed by atoms with van der Waals surface area (Å²) in [6, 6.07) is 0. The number of rotatable bonds is 10. The van der Waals surface area contributed by atoms with Crippen LogP contribution in [-0.2, 0) is 42.6 Å². The highest BCUT2D eigenvalue weighted by molar-refractivity contribution is 5.28. The van der Waals surface area contributed by atoms with Crippen LogP contribution in [-0.4, -0.2) is 223 Å². The molecule has 0 aromatic rings. The Hall–Kier alpha value is -0.840. The smallest absolute Gasteiger partial charge is 0.187 e. The van der Waals surface area contributed by atoms with Crippen molar-refractivity contribution in [2.24, 2.45) is 50.2 Å². The van der Waals surface area contributed by atoms with E-state index in [4.69, 9.17) is 42.6 Å². The lowest BCUT2D eigenvalue weighted by atomic mass is 9.30. The van der Waals surface area contributed by atoms with Crippen molar-refractivity contribution in [2.45, 2.75) is 241 Å². The number of ether oxygens (including phenoxy) is 9. The Morgan fingerprint density at radius 1 is 0.493 bits per heavy atom. The van der Waals surface area contributed by atoms with Gasteiger partial charge in [0.1, 0.15) is 85.5 Å². The molecular weight excluding hydrogens is 961 g/mol. The van der Waals surface area contributed by atoms with Gasteiger partial charge in [0.2, 0.25) is 0 Å². The molecule has 5 heterocycles. The van der Waals surface area contributed by atoms with E-state index in [1.165, 1.54) is 0 Å². The molecule has 420 valence electrons. The van der Waals surface area contributed by atoms with E-state index in [0.717, 1.165) is 57.8 Å². The third kappa shape index (κ3) is 8.41. The van der Waals surface area contributed by atoms with Crippen molar-refractivity contribution in [3.8, 4) is 0 Å². The fraction of sp³-hybridized carbons (Fsp3) is 1.00. The molecule has 5 saturated heterocycles. The van der Waals surface area contributed by atoms with Crippen LogP contribution >= 0.6 is 0 Å². The van der Waals surface area contributed by atoms with Gasteiger partial charge in [0.05, 0.1) is 50.8 Å². The Balaban J connectivity index is 0.873. The van der Waals surface area contributed by atoms with E-state index < -0.39 is 148 Å². The van der Waals surface area contributed by atoms with Crippen LogP contribution in [0.5, 0.6) is 0 Å². The van der Waals surface area contributed by atoms with E-state index in [2.05, 4.69) is 48.5 Å². The van der Waals surface area contributed by atoms with Crippen LogP contribution in [0.15, 0.2) is 0 Å². The van der Waals surface area contributed by atoms with E-state index >= 15 is 0 Å². The zero-order valence-electron chi connectivity index (χ0n) is 43.4. The summed E-state index contributed by atoms with van der Waals surface area (Å²) in [6.45, 7) is 14.8. The van der Waals surface area contributed by atoms with Crippen LogP contribution in [0.3, 0.4) is 0 Å². The summed E-state index contributed by atoms with van der Waals surface area (Å²) in [7, 11) is 0. The van der Waals surface area contributed by atoms with Gasteiger partial charge in [-0.2, -0.15) is 0 Å². The number of fused-ring (bicyclic) bond motifs is 4. The second-order valence-electron chi connectivity index (χ2n) is 26.2. The molecule has 1 spiro atoms. The van der Waals surface area contributed by atoms with Gasteiger partial charge < -0.3 is 104 Å². The van der Waals surface area contributed by atoms with Crippen LogP contribution < -0.4 is 0 Å². The van der Waals surface area contributed by atoms with Crippen molar-refractivity contribution in [2.75, 3.05) is 33.0 Å². The molecule has 0 radical (unpaired) electrons. The van der Waals surface area contributed by atoms with Gasteiger partial charge in [-0.3, -0.25) is 0 Å². The normalized spacial score (nSPS) is 57.5. The Morgan fingerprint density at radius 3 is 1.79 bits per heavy atom. The molecule has 1 unspecified atom stereocenters. The average Bonchev–Trinajstić information content (AvgIpc) is 3.61. The molecule has 5 saturated carbocycles. The lowest BCUT2D eigenvalue weighted by Gasteiger charge is -2.75. The van der Waals surface area contributed by atoms with Gasteiger partial charge in [0, 0.05) is 10.8 Å². The highest BCUT2D eigenvalue weighted by Gasteiger charge is 2.80. The van der Waals surface area contributed by atoms with E-state index in [1.807, 2.05) is 0 Å². The second kappa shape index (κ2) is 19.5. The lowest BCUT2D eigenvalue weighted by molar-refractivity contribution is -0.399. The number of hydrogen-bond donors (Lipinski definition) is 12. The summed E-state index contributed by atoms with van der Waals surface area (Å²) >= 11 is 0. The van der Waals surface area contributed by atoms with Gasteiger partial charge in [-0.1, -0.05) is 48.5 Å². The highest BCUT2D eigenvalue weighted by Crippen LogP contribution is 2.80. The average molecular weight is 1050 g/mol. The maximum Gasteiger partial charge on any atom is 0.187 e. The molecule has 0 amide bonds. The van der Waals surface area contributed by atoms with Crippen LogP contribution in [0.25, 0.3) is 0 Å². The predicted octanol–water partition coefficient (Wildman–Crippen LogP) is -1.07. The summed E-state index contributed by atoms with van der Waals surface area (Å²) < 4.78 is 55.5. The van der Waals surface area contributed by atoms with Gasteiger partial charge in [0.25, 0.3) is 0 Å². The Labute approximate surface area is 427 Å². The molecule has 0 aromatic carbocycles. The molecule has 5 aliphatic carbocycles. The molecule has 2 bridgehead atoms. The summed E-state index contributed by atoms with van der Waals surface area (Å²) in [5.41, 5.74) is -1.20. The molecule has 21 nitrogen and oxygen atoms in total. The van der Waals surface area contributed by atoms with Crippen molar-refractivity contribution >= 4 is 0 Å². The van der Waals surface area contributed by atoms with E-state index in [-0.39, 0.29) is 45.2 Å². The van der Waals surface area contributed by atoms with Crippen LogP contribution in [0.1, 0.15) is 113 Å². The molecule has 28 atom stereocenters. The first-order chi connectivity index (χ1) is 34.2. The van der Waals surface area contributed by atoms with Crippen molar-refractivity contribution < 1.29 is 104 Å². The maximum absolute atomic E-state index is 12.3. The topological polar surface area (TPSA) is 326 Å². The fourth-order valence-electron chi connectivity index (χ4n) is 17.4. The van der Waals surface area contributed by atoms with Crippen LogP contribution in [0.2, 0.25) is 0 Å². The van der Waals surface area contributed by atoms with Gasteiger partial charge in [0.15, 0.2) is 25.2 Å². The second-order valence-corrected chi connectivity index (χ2v) is 26.2. The zero-order chi connectivity index (χ0) is 52.7. The van der Waals surface area contributed by atoms with Gasteiger partial charge in [-0.25, -0.2) is 0 Å². The Kier molecular flexibility index (Phi) is 14.8. The Bertz CT molecular complexity index is 1970. The largest absolute Gasteiger partial charge is 0.394 e. The predicted molar refractivity (Wildman–Crippen MR) is 250 cm³/mol. The van der Waals surface area contributed by atoms with Gasteiger partial charge in [-0.15, -0.1) is 0 Å². The SMILES string of the molecule is CC1(C)CC[C@]23CO[C@@]4(CC[C@@H]5[C@@]6(C)CC[C@H](O[C@@H]7OC[C@H](O)[C@H](O)[C@H]7O[C@@H]7O[C@H](CO)[C@@H](O)[C@H](O)[C@H]7O[C@H]7O[C@@H](CO)[C@H](O)[C@@H](O[C@@H]8OC[C@@H](O)[C@H](O)[C@H]8O)[C@@H]7O)C(C)(C)[C@@H]6CC[C@@]5(C)[C@]4(C)C[C@H]2O)C3C1. The summed E-state index contributed by atoms with van der Waals surface area (Å²) in [5.74, 6) is 0.845. The third-order valence-corrected chi connectivity index (χ3v) is 21.8. The molecule has 0 aromatic heterocycles. The van der Waals surface area contributed by atoms with Gasteiger partial charge in [-0.05, 0) is 104 Å². The standard InChI is InChI=1S/C52H86O21/c1-46(2)14-15-51-22-67-52(29(51)16-46)13-9-28-48(5)11-10-31(47(3,4)27(48)8-12-49(28,6)50(52,7)17-30(51)57)70-44-40(33(59)24(56)21-66-44)73-45-41(36(62)34(60)25(18-53)69-45)72-43-38(64)39(35(61)26(19-54)68-43)71-42-37(63)32(58)23(55)20-65-42/h23-45,53-64H,8-22H2,1-7H3/t23-,24+,25-,26+,27+,28-,29?,30-,31+,32+,33+,34-,35+,36+,37-,38+,39-,40-,41-,42+,43-,44+,45+,48+,49-,50+,51-,52+/m1/s1. The summed E-state index contributed by atoms with van der Waals surface area (Å²) in [5, 5.41) is 131. The minimum Gasteiger partial charge on any atom is -0.394 e.